The van der Waals surface area contributed by atoms with Crippen LogP contribution in [0.25, 0.3) is 10.8 Å². The number of hydrogen-bond acceptors (Lipinski definition) is 4. The minimum atomic E-state index is -0.346. The molecule has 0 heterocycles. The maximum atomic E-state index is 12.2. The third kappa shape index (κ3) is 6.55. The van der Waals surface area contributed by atoms with E-state index in [0.717, 1.165) is 29.9 Å². The molecule has 1 amide bonds. The lowest BCUT2D eigenvalue weighted by Crippen LogP contribution is -2.24. The lowest BCUT2D eigenvalue weighted by molar-refractivity contribution is -0.123. The topological polar surface area (TPSA) is 59.9 Å². The monoisotopic (exact) mass is 614 g/mol. The summed E-state index contributed by atoms with van der Waals surface area (Å²) in [6, 6.07) is 27.4. The molecule has 0 aliphatic carbocycles. The Hall–Kier alpha value is -2.91. The molecular weight excluding hydrogens is 595 g/mol. The van der Waals surface area contributed by atoms with Crippen LogP contribution in [0.3, 0.4) is 0 Å². The minimum absolute atomic E-state index is 0.125. The van der Waals surface area contributed by atoms with Crippen LogP contribution in [0, 0.1) is 3.57 Å². The van der Waals surface area contributed by atoms with Gasteiger partial charge in [0.05, 0.1) is 6.21 Å². The summed E-state index contributed by atoms with van der Waals surface area (Å²) in [5, 5.41) is 6.20. The minimum Gasteiger partial charge on any atom is -0.488 e. The van der Waals surface area contributed by atoms with Gasteiger partial charge in [0.15, 0.2) is 6.61 Å². The summed E-state index contributed by atoms with van der Waals surface area (Å²) < 4.78 is 13.7. The smallest absolute Gasteiger partial charge is 0.277 e. The van der Waals surface area contributed by atoms with Gasteiger partial charge in [-0.2, -0.15) is 5.10 Å². The maximum absolute atomic E-state index is 12.2. The predicted octanol–water partition coefficient (Wildman–Crippen LogP) is 6.32. The average Bonchev–Trinajstić information content (AvgIpc) is 2.83. The van der Waals surface area contributed by atoms with Crippen LogP contribution in [0.5, 0.6) is 11.5 Å². The van der Waals surface area contributed by atoms with Crippen molar-refractivity contribution in [1.82, 2.24) is 5.43 Å². The van der Waals surface area contributed by atoms with Crippen molar-refractivity contribution in [2.75, 3.05) is 6.61 Å². The van der Waals surface area contributed by atoms with Gasteiger partial charge in [0.2, 0.25) is 0 Å². The molecule has 33 heavy (non-hydrogen) atoms. The standard InChI is InChI=1S/C26H20BrIN2O3/c27-20-6-3-4-18(14-20)16-33-25-13-8-19-5-1-2-7-23(19)24(25)15-29-30-26(31)17-32-22-11-9-21(28)10-12-22/h1-15H,16-17H2,(H,30,31). The predicted molar refractivity (Wildman–Crippen MR) is 143 cm³/mol. The number of rotatable bonds is 8. The second-order valence-electron chi connectivity index (χ2n) is 7.15. The molecule has 0 aliphatic heterocycles. The zero-order chi connectivity index (χ0) is 23.0. The SMILES string of the molecule is O=C(COc1ccc(I)cc1)NN=Cc1c(OCc2cccc(Br)c2)ccc2ccccc12. The van der Waals surface area contributed by atoms with Gasteiger partial charge < -0.3 is 9.47 Å². The molecule has 4 rings (SSSR count). The largest absolute Gasteiger partial charge is 0.488 e. The van der Waals surface area contributed by atoms with Crippen LogP contribution >= 0.6 is 38.5 Å². The van der Waals surface area contributed by atoms with Gasteiger partial charge in [0.25, 0.3) is 5.91 Å². The van der Waals surface area contributed by atoms with Crippen molar-refractivity contribution in [1.29, 1.82) is 0 Å². The van der Waals surface area contributed by atoms with Gasteiger partial charge in [0.1, 0.15) is 18.1 Å². The average molecular weight is 615 g/mol. The summed E-state index contributed by atoms with van der Waals surface area (Å²) in [5.74, 6) is 0.968. The highest BCUT2D eigenvalue weighted by Gasteiger charge is 2.09. The number of hydrogen-bond donors (Lipinski definition) is 1. The van der Waals surface area contributed by atoms with E-state index >= 15 is 0 Å². The van der Waals surface area contributed by atoms with Crippen molar-refractivity contribution in [3.63, 3.8) is 0 Å². The molecule has 4 aromatic rings. The van der Waals surface area contributed by atoms with Crippen molar-refractivity contribution >= 4 is 61.4 Å². The fourth-order valence-corrected chi connectivity index (χ4v) is 4.01. The van der Waals surface area contributed by atoms with E-state index in [4.69, 9.17) is 9.47 Å². The van der Waals surface area contributed by atoms with Crippen LogP contribution in [0.1, 0.15) is 11.1 Å². The summed E-state index contributed by atoms with van der Waals surface area (Å²) >= 11 is 5.70. The molecule has 0 fully saturated rings. The van der Waals surface area contributed by atoms with Gasteiger partial charge in [-0.15, -0.1) is 0 Å². The first-order valence-electron chi connectivity index (χ1n) is 10.2. The molecule has 1 N–H and O–H groups in total. The summed E-state index contributed by atoms with van der Waals surface area (Å²) in [7, 11) is 0. The van der Waals surface area contributed by atoms with Crippen molar-refractivity contribution in [2.24, 2.45) is 5.10 Å². The van der Waals surface area contributed by atoms with Gasteiger partial charge in [0, 0.05) is 13.6 Å². The van der Waals surface area contributed by atoms with Gasteiger partial charge in [-0.3, -0.25) is 4.79 Å². The van der Waals surface area contributed by atoms with E-state index in [1.165, 1.54) is 0 Å². The Bertz CT molecular complexity index is 1290. The second-order valence-corrected chi connectivity index (χ2v) is 9.31. The molecule has 0 aliphatic rings. The molecule has 0 spiro atoms. The quantitative estimate of drug-likeness (QED) is 0.144. The number of hydrazone groups is 1. The van der Waals surface area contributed by atoms with Crippen molar-refractivity contribution in [2.45, 2.75) is 6.61 Å². The van der Waals surface area contributed by atoms with Gasteiger partial charge in [-0.1, -0.05) is 58.4 Å². The van der Waals surface area contributed by atoms with Crippen LogP contribution in [0.4, 0.5) is 0 Å². The maximum Gasteiger partial charge on any atom is 0.277 e. The highest BCUT2D eigenvalue weighted by molar-refractivity contribution is 14.1. The van der Waals surface area contributed by atoms with Gasteiger partial charge in [-0.25, -0.2) is 5.43 Å². The number of amides is 1. The van der Waals surface area contributed by atoms with Crippen LogP contribution in [-0.4, -0.2) is 18.7 Å². The van der Waals surface area contributed by atoms with Crippen molar-refractivity contribution in [3.05, 3.63) is 104 Å². The fraction of sp³-hybridized carbons (Fsp3) is 0.0769. The Morgan fingerprint density at radius 1 is 0.970 bits per heavy atom. The van der Waals surface area contributed by atoms with Crippen molar-refractivity contribution < 1.29 is 14.3 Å². The lowest BCUT2D eigenvalue weighted by Gasteiger charge is -2.12. The van der Waals surface area contributed by atoms with E-state index < -0.39 is 0 Å². The van der Waals surface area contributed by atoms with E-state index in [1.807, 2.05) is 84.9 Å². The van der Waals surface area contributed by atoms with Gasteiger partial charge in [-0.05, 0) is 81.4 Å². The molecule has 166 valence electrons. The van der Waals surface area contributed by atoms with Crippen molar-refractivity contribution in [3.8, 4) is 11.5 Å². The normalized spacial score (nSPS) is 11.0. The molecular formula is C26H20BrIN2O3. The van der Waals surface area contributed by atoms with E-state index in [1.54, 1.807) is 6.21 Å². The molecule has 5 nitrogen and oxygen atoms in total. The third-order valence-electron chi connectivity index (χ3n) is 4.78. The highest BCUT2D eigenvalue weighted by atomic mass is 127. The van der Waals surface area contributed by atoms with E-state index in [-0.39, 0.29) is 12.5 Å². The number of carbonyl (C=O) groups is 1. The Labute approximate surface area is 214 Å². The molecule has 7 heteroatoms. The molecule has 0 saturated heterocycles. The number of halogens is 2. The number of nitrogens with zero attached hydrogens (tertiary/aromatic N) is 1. The van der Waals surface area contributed by atoms with Crippen LogP contribution in [0.2, 0.25) is 0 Å². The summed E-state index contributed by atoms with van der Waals surface area (Å²) in [6.07, 6.45) is 1.61. The highest BCUT2D eigenvalue weighted by Crippen LogP contribution is 2.27. The van der Waals surface area contributed by atoms with E-state index in [9.17, 15) is 4.79 Å². The zero-order valence-electron chi connectivity index (χ0n) is 17.5. The number of nitrogens with one attached hydrogen (secondary N) is 1. The Balaban J connectivity index is 1.46. The Morgan fingerprint density at radius 3 is 2.61 bits per heavy atom. The molecule has 0 unspecified atom stereocenters. The van der Waals surface area contributed by atoms with Crippen LogP contribution in [-0.2, 0) is 11.4 Å². The number of ether oxygens (including phenoxy) is 2. The zero-order valence-corrected chi connectivity index (χ0v) is 21.2. The number of carbonyl (C=O) groups excluding carboxylic acids is 1. The third-order valence-corrected chi connectivity index (χ3v) is 5.99. The first kappa shape index (κ1) is 23.3. The van der Waals surface area contributed by atoms with E-state index in [2.05, 4.69) is 49.0 Å². The molecule has 0 aromatic heterocycles. The van der Waals surface area contributed by atoms with Crippen LogP contribution in [0.15, 0.2) is 94.5 Å². The molecule has 0 saturated carbocycles. The fourth-order valence-electron chi connectivity index (χ4n) is 3.20. The molecule has 0 radical (unpaired) electrons. The first-order chi connectivity index (χ1) is 16.1. The summed E-state index contributed by atoms with van der Waals surface area (Å²) in [6.45, 7) is 0.286. The van der Waals surface area contributed by atoms with Crippen LogP contribution < -0.4 is 14.9 Å². The molecule has 0 atom stereocenters. The lowest BCUT2D eigenvalue weighted by atomic mass is 10.0. The van der Waals surface area contributed by atoms with Gasteiger partial charge >= 0.3 is 0 Å². The summed E-state index contributed by atoms with van der Waals surface area (Å²) in [5.41, 5.74) is 4.36. The number of fused-ring (bicyclic) bond motifs is 1. The van der Waals surface area contributed by atoms with E-state index in [0.29, 0.717) is 18.1 Å². The number of benzene rings is 4. The second kappa shape index (κ2) is 11.3. The summed E-state index contributed by atoms with van der Waals surface area (Å²) in [4.78, 5) is 12.2. The molecule has 4 aromatic carbocycles. The Morgan fingerprint density at radius 2 is 1.79 bits per heavy atom. The Kier molecular flexibility index (Phi) is 7.96. The first-order valence-corrected chi connectivity index (χ1v) is 12.0. The molecule has 0 bridgehead atoms.